The van der Waals surface area contributed by atoms with Gasteiger partial charge in [0, 0.05) is 37.6 Å². The molecule has 0 saturated carbocycles. The average molecular weight is 298 g/mol. The predicted octanol–water partition coefficient (Wildman–Crippen LogP) is 2.85. The van der Waals surface area contributed by atoms with Gasteiger partial charge >= 0.3 is 5.69 Å². The van der Waals surface area contributed by atoms with Crippen molar-refractivity contribution in [3.8, 4) is 0 Å². The van der Waals surface area contributed by atoms with Crippen LogP contribution in [-0.4, -0.2) is 29.5 Å². The minimum atomic E-state index is -0.411. The minimum Gasteiger partial charge on any atom is -0.371 e. The molecule has 3 rings (SSSR count). The fourth-order valence-corrected chi connectivity index (χ4v) is 2.80. The van der Waals surface area contributed by atoms with Crippen molar-refractivity contribution in [2.75, 3.05) is 29.9 Å². The van der Waals surface area contributed by atoms with Crippen molar-refractivity contribution in [2.24, 2.45) is 0 Å². The number of hydrogen-bond acceptors (Lipinski definition) is 5. The zero-order valence-corrected chi connectivity index (χ0v) is 12.2. The summed E-state index contributed by atoms with van der Waals surface area (Å²) in [6, 6.07) is 11.5. The molecule has 6 heteroatoms. The predicted molar refractivity (Wildman–Crippen MR) is 86.4 cm³/mol. The Labute approximate surface area is 128 Å². The second-order valence-corrected chi connectivity index (χ2v) is 5.27. The standard InChI is InChI=1S/C16H18N4O2/c21-20(22)15-7-3-9-17-16(15)18-10-4-11-19-12-8-13-5-1-2-6-14(13)19/h1-3,5-7,9H,4,8,10-12H2,(H,17,18). The van der Waals surface area contributed by atoms with Crippen molar-refractivity contribution in [3.05, 3.63) is 58.3 Å². The Hall–Kier alpha value is -2.63. The average Bonchev–Trinajstić information content (AvgIpc) is 2.95. The summed E-state index contributed by atoms with van der Waals surface area (Å²) in [5, 5.41) is 14.0. The molecular formula is C16H18N4O2. The maximum absolute atomic E-state index is 10.9. The third kappa shape index (κ3) is 3.00. The molecule has 1 aliphatic rings. The van der Waals surface area contributed by atoms with Gasteiger partial charge in [-0.15, -0.1) is 0 Å². The van der Waals surface area contributed by atoms with Crippen LogP contribution in [0.3, 0.4) is 0 Å². The number of benzene rings is 1. The summed E-state index contributed by atoms with van der Waals surface area (Å²) in [7, 11) is 0. The number of nitrogens with one attached hydrogen (secondary N) is 1. The van der Waals surface area contributed by atoms with Crippen molar-refractivity contribution in [1.82, 2.24) is 4.98 Å². The number of fused-ring (bicyclic) bond motifs is 1. The molecule has 114 valence electrons. The molecule has 0 unspecified atom stereocenters. The largest absolute Gasteiger partial charge is 0.371 e. The van der Waals surface area contributed by atoms with Gasteiger partial charge in [-0.2, -0.15) is 0 Å². The highest BCUT2D eigenvalue weighted by Gasteiger charge is 2.18. The van der Waals surface area contributed by atoms with Crippen LogP contribution in [0.1, 0.15) is 12.0 Å². The van der Waals surface area contributed by atoms with Gasteiger partial charge in [0.05, 0.1) is 4.92 Å². The van der Waals surface area contributed by atoms with E-state index in [0.717, 1.165) is 25.9 Å². The number of rotatable bonds is 6. The fourth-order valence-electron chi connectivity index (χ4n) is 2.80. The Kier molecular flexibility index (Phi) is 4.18. The summed E-state index contributed by atoms with van der Waals surface area (Å²) < 4.78 is 0. The van der Waals surface area contributed by atoms with Crippen LogP contribution in [0.25, 0.3) is 0 Å². The smallest absolute Gasteiger partial charge is 0.311 e. The van der Waals surface area contributed by atoms with Crippen molar-refractivity contribution in [3.63, 3.8) is 0 Å². The lowest BCUT2D eigenvalue weighted by atomic mass is 10.2. The van der Waals surface area contributed by atoms with E-state index >= 15 is 0 Å². The first-order chi connectivity index (χ1) is 10.8. The van der Waals surface area contributed by atoms with Gasteiger partial charge in [-0.1, -0.05) is 18.2 Å². The molecule has 2 aromatic rings. The van der Waals surface area contributed by atoms with E-state index in [1.165, 1.54) is 17.3 Å². The molecule has 2 heterocycles. The van der Waals surface area contributed by atoms with E-state index in [1.54, 1.807) is 12.3 Å². The molecule has 0 amide bonds. The number of aromatic nitrogens is 1. The summed E-state index contributed by atoms with van der Waals surface area (Å²) in [6.45, 7) is 2.64. The molecule has 0 spiro atoms. The van der Waals surface area contributed by atoms with Crippen LogP contribution in [0.2, 0.25) is 0 Å². The zero-order valence-electron chi connectivity index (χ0n) is 12.2. The molecule has 1 aromatic heterocycles. The first-order valence-corrected chi connectivity index (χ1v) is 7.42. The lowest BCUT2D eigenvalue weighted by Gasteiger charge is -2.19. The fraction of sp³-hybridized carbons (Fsp3) is 0.312. The van der Waals surface area contributed by atoms with Gasteiger partial charge in [0.1, 0.15) is 0 Å². The van der Waals surface area contributed by atoms with Gasteiger partial charge in [0.25, 0.3) is 0 Å². The number of nitro groups is 1. The van der Waals surface area contributed by atoms with Crippen molar-refractivity contribution in [1.29, 1.82) is 0 Å². The van der Waals surface area contributed by atoms with Gasteiger partial charge in [0.2, 0.25) is 5.82 Å². The van der Waals surface area contributed by atoms with E-state index in [1.807, 2.05) is 0 Å². The van der Waals surface area contributed by atoms with Gasteiger partial charge in [0.15, 0.2) is 0 Å². The highest BCUT2D eigenvalue weighted by Crippen LogP contribution is 2.27. The number of pyridine rings is 1. The molecule has 0 aliphatic carbocycles. The second-order valence-electron chi connectivity index (χ2n) is 5.27. The first kappa shape index (κ1) is 14.3. The molecular weight excluding hydrogens is 280 g/mol. The molecule has 22 heavy (non-hydrogen) atoms. The molecule has 1 aliphatic heterocycles. The van der Waals surface area contributed by atoms with Crippen LogP contribution in [0.4, 0.5) is 17.2 Å². The van der Waals surface area contributed by atoms with Crippen LogP contribution in [0.5, 0.6) is 0 Å². The number of para-hydroxylation sites is 1. The van der Waals surface area contributed by atoms with Crippen molar-refractivity contribution in [2.45, 2.75) is 12.8 Å². The maximum Gasteiger partial charge on any atom is 0.311 e. The highest BCUT2D eigenvalue weighted by molar-refractivity contribution is 5.58. The van der Waals surface area contributed by atoms with E-state index in [2.05, 4.69) is 39.5 Å². The Morgan fingerprint density at radius 1 is 1.27 bits per heavy atom. The summed E-state index contributed by atoms with van der Waals surface area (Å²) in [5.74, 6) is 0.342. The van der Waals surface area contributed by atoms with E-state index < -0.39 is 4.92 Å². The summed E-state index contributed by atoms with van der Waals surface area (Å²) in [4.78, 5) is 16.9. The van der Waals surface area contributed by atoms with E-state index in [0.29, 0.717) is 12.4 Å². The molecule has 6 nitrogen and oxygen atoms in total. The topological polar surface area (TPSA) is 71.3 Å². The van der Waals surface area contributed by atoms with Crippen molar-refractivity contribution < 1.29 is 4.92 Å². The van der Waals surface area contributed by atoms with E-state index in [-0.39, 0.29) is 5.69 Å². The number of nitrogens with zero attached hydrogens (tertiary/aromatic N) is 3. The van der Waals surface area contributed by atoms with Crippen LogP contribution in [-0.2, 0) is 6.42 Å². The van der Waals surface area contributed by atoms with Gasteiger partial charge < -0.3 is 10.2 Å². The third-order valence-electron chi connectivity index (χ3n) is 3.86. The Bertz CT molecular complexity index is 675. The van der Waals surface area contributed by atoms with E-state index in [9.17, 15) is 10.1 Å². The number of anilines is 2. The van der Waals surface area contributed by atoms with E-state index in [4.69, 9.17) is 0 Å². The quantitative estimate of drug-likeness (QED) is 0.504. The first-order valence-electron chi connectivity index (χ1n) is 7.42. The Balaban J connectivity index is 1.52. The normalized spacial score (nSPS) is 13.0. The third-order valence-corrected chi connectivity index (χ3v) is 3.86. The SMILES string of the molecule is O=[N+]([O-])c1cccnc1NCCCN1CCc2ccccc21. The highest BCUT2D eigenvalue weighted by atomic mass is 16.6. The zero-order chi connectivity index (χ0) is 15.4. The lowest BCUT2D eigenvalue weighted by Crippen LogP contribution is -2.23. The summed E-state index contributed by atoms with van der Waals surface area (Å²) in [6.07, 6.45) is 3.56. The molecule has 0 atom stereocenters. The van der Waals surface area contributed by atoms with Crippen LogP contribution >= 0.6 is 0 Å². The van der Waals surface area contributed by atoms with Gasteiger partial charge in [-0.25, -0.2) is 4.98 Å². The lowest BCUT2D eigenvalue weighted by molar-refractivity contribution is -0.384. The van der Waals surface area contributed by atoms with Crippen LogP contribution < -0.4 is 10.2 Å². The molecule has 1 aromatic carbocycles. The van der Waals surface area contributed by atoms with Crippen LogP contribution in [0, 0.1) is 10.1 Å². The van der Waals surface area contributed by atoms with Gasteiger partial charge in [-0.3, -0.25) is 10.1 Å². The van der Waals surface area contributed by atoms with Crippen LogP contribution in [0.15, 0.2) is 42.6 Å². The maximum atomic E-state index is 10.9. The minimum absolute atomic E-state index is 0.0222. The summed E-state index contributed by atoms with van der Waals surface area (Å²) >= 11 is 0. The summed E-state index contributed by atoms with van der Waals surface area (Å²) in [5.41, 5.74) is 2.73. The van der Waals surface area contributed by atoms with Crippen molar-refractivity contribution >= 4 is 17.2 Å². The molecule has 0 fully saturated rings. The molecule has 0 bridgehead atoms. The Morgan fingerprint density at radius 2 is 2.14 bits per heavy atom. The van der Waals surface area contributed by atoms with Gasteiger partial charge in [-0.05, 0) is 30.5 Å². The monoisotopic (exact) mass is 298 g/mol. The number of hydrogen-bond donors (Lipinski definition) is 1. The molecule has 0 saturated heterocycles. The Morgan fingerprint density at radius 3 is 3.00 bits per heavy atom. The molecule has 0 radical (unpaired) electrons. The second kappa shape index (κ2) is 6.43. The molecule has 1 N–H and O–H groups in total.